The van der Waals surface area contributed by atoms with Gasteiger partial charge in [-0.15, -0.1) is 0 Å². The Labute approximate surface area is 113 Å². The molecule has 102 valence electrons. The molecule has 1 atom stereocenters. The van der Waals surface area contributed by atoms with Gasteiger partial charge in [-0.1, -0.05) is 0 Å². The molecule has 1 aromatic carbocycles. The van der Waals surface area contributed by atoms with E-state index >= 15 is 0 Å². The van der Waals surface area contributed by atoms with E-state index in [0.29, 0.717) is 11.9 Å². The fourth-order valence-electron chi connectivity index (χ4n) is 2.52. The number of piperazine rings is 1. The minimum absolute atomic E-state index is 0.494. The molecule has 0 aliphatic carbocycles. The summed E-state index contributed by atoms with van der Waals surface area (Å²) in [4.78, 5) is 6.70. The van der Waals surface area contributed by atoms with Crippen LogP contribution in [-0.2, 0) is 0 Å². The van der Waals surface area contributed by atoms with Crippen LogP contribution in [0.2, 0.25) is 0 Å². The third kappa shape index (κ3) is 2.88. The van der Waals surface area contributed by atoms with Crippen molar-refractivity contribution in [3.05, 3.63) is 24.1 Å². The number of benzene rings is 1. The molecule has 0 radical (unpaired) electrons. The smallest absolute Gasteiger partial charge is 0.192 e. The van der Waals surface area contributed by atoms with E-state index in [4.69, 9.17) is 4.42 Å². The third-order valence-corrected chi connectivity index (χ3v) is 3.51. The number of aryl methyl sites for hydroxylation is 1. The summed E-state index contributed by atoms with van der Waals surface area (Å²) in [6.07, 6.45) is 0. The zero-order valence-electron chi connectivity index (χ0n) is 11.4. The maximum Gasteiger partial charge on any atom is 0.192 e. The topological polar surface area (TPSA) is 53.3 Å². The lowest BCUT2D eigenvalue weighted by molar-refractivity contribution is 0.244. The van der Waals surface area contributed by atoms with Gasteiger partial charge in [-0.3, -0.25) is 0 Å². The highest BCUT2D eigenvalue weighted by molar-refractivity contribution is 5.77. The fraction of sp³-hybridized carbons (Fsp3) is 0.500. The predicted molar refractivity (Wildman–Crippen MR) is 76.5 cm³/mol. The Morgan fingerprint density at radius 2 is 2.42 bits per heavy atom. The first kappa shape index (κ1) is 12.4. The quantitative estimate of drug-likeness (QED) is 0.875. The summed E-state index contributed by atoms with van der Waals surface area (Å²) >= 11 is 0. The Hall–Kier alpha value is -1.59. The van der Waals surface area contributed by atoms with E-state index in [9.17, 15) is 0 Å². The Balaban J connectivity index is 1.64. The van der Waals surface area contributed by atoms with Crippen LogP contribution in [0.5, 0.6) is 0 Å². The molecule has 0 bridgehead atoms. The zero-order valence-corrected chi connectivity index (χ0v) is 11.4. The van der Waals surface area contributed by atoms with Gasteiger partial charge in [0.05, 0.1) is 0 Å². The molecular formula is C14H20N4O. The van der Waals surface area contributed by atoms with Crippen molar-refractivity contribution in [3.8, 4) is 0 Å². The summed E-state index contributed by atoms with van der Waals surface area (Å²) in [5, 5.41) is 6.99. The van der Waals surface area contributed by atoms with Crippen molar-refractivity contribution in [2.75, 3.05) is 38.5 Å². The first-order valence-electron chi connectivity index (χ1n) is 6.74. The van der Waals surface area contributed by atoms with Crippen LogP contribution in [0.15, 0.2) is 22.6 Å². The second kappa shape index (κ2) is 5.19. The molecular weight excluding hydrogens is 240 g/mol. The van der Waals surface area contributed by atoms with Crippen LogP contribution in [0.3, 0.4) is 0 Å². The molecule has 3 rings (SSSR count). The number of nitrogens with zero attached hydrogens (tertiary/aromatic N) is 2. The van der Waals surface area contributed by atoms with Crippen LogP contribution < -0.4 is 10.6 Å². The van der Waals surface area contributed by atoms with Crippen LogP contribution in [-0.4, -0.2) is 49.2 Å². The van der Waals surface area contributed by atoms with Crippen molar-refractivity contribution in [2.45, 2.75) is 13.0 Å². The van der Waals surface area contributed by atoms with E-state index in [0.717, 1.165) is 43.0 Å². The number of fused-ring (bicyclic) bond motifs is 1. The second-order valence-electron chi connectivity index (χ2n) is 5.21. The minimum atomic E-state index is 0.494. The molecule has 1 unspecified atom stereocenters. The summed E-state index contributed by atoms with van der Waals surface area (Å²) in [5.41, 5.74) is 2.85. The van der Waals surface area contributed by atoms with Crippen LogP contribution in [0, 0.1) is 6.92 Å². The standard InChI is InChI=1S/C14H20N4O/c1-10-17-13-7-11(3-4-14(13)19-10)16-8-12-9-18(2)6-5-15-12/h3-4,7,12,15-16H,5-6,8-9H2,1-2H3. The molecule has 1 saturated heterocycles. The van der Waals surface area contributed by atoms with Crippen molar-refractivity contribution in [3.63, 3.8) is 0 Å². The molecule has 1 aromatic heterocycles. The second-order valence-corrected chi connectivity index (χ2v) is 5.21. The molecule has 1 aliphatic heterocycles. The Bertz CT molecular complexity index is 566. The largest absolute Gasteiger partial charge is 0.441 e. The number of oxazole rings is 1. The molecule has 1 fully saturated rings. The van der Waals surface area contributed by atoms with E-state index in [1.807, 2.05) is 25.1 Å². The van der Waals surface area contributed by atoms with Crippen molar-refractivity contribution in [2.24, 2.45) is 0 Å². The van der Waals surface area contributed by atoms with Gasteiger partial charge in [-0.25, -0.2) is 4.98 Å². The Kier molecular flexibility index (Phi) is 3.40. The number of rotatable bonds is 3. The molecule has 2 heterocycles. The molecule has 2 aromatic rings. The van der Waals surface area contributed by atoms with E-state index < -0.39 is 0 Å². The average Bonchev–Trinajstić information content (AvgIpc) is 2.75. The van der Waals surface area contributed by atoms with Gasteiger partial charge in [0.2, 0.25) is 0 Å². The molecule has 5 nitrogen and oxygen atoms in total. The van der Waals surface area contributed by atoms with E-state index in [2.05, 4.69) is 27.6 Å². The van der Waals surface area contributed by atoms with Gasteiger partial charge in [0.1, 0.15) is 5.52 Å². The average molecular weight is 260 g/mol. The first-order valence-corrected chi connectivity index (χ1v) is 6.74. The van der Waals surface area contributed by atoms with Gasteiger partial charge in [0, 0.05) is 44.8 Å². The fourth-order valence-corrected chi connectivity index (χ4v) is 2.52. The summed E-state index contributed by atoms with van der Waals surface area (Å²) < 4.78 is 5.47. The van der Waals surface area contributed by atoms with Gasteiger partial charge in [-0.05, 0) is 25.2 Å². The van der Waals surface area contributed by atoms with Crippen molar-refractivity contribution >= 4 is 16.8 Å². The number of aromatic nitrogens is 1. The maximum absolute atomic E-state index is 5.47. The molecule has 19 heavy (non-hydrogen) atoms. The number of nitrogens with one attached hydrogen (secondary N) is 2. The van der Waals surface area contributed by atoms with Gasteiger partial charge in [0.25, 0.3) is 0 Å². The molecule has 2 N–H and O–H groups in total. The molecule has 1 aliphatic rings. The van der Waals surface area contributed by atoms with Crippen LogP contribution >= 0.6 is 0 Å². The monoisotopic (exact) mass is 260 g/mol. The van der Waals surface area contributed by atoms with Crippen LogP contribution in [0.25, 0.3) is 11.1 Å². The lowest BCUT2D eigenvalue weighted by Gasteiger charge is -2.31. The molecule has 5 heteroatoms. The molecule has 0 amide bonds. The number of hydrogen-bond donors (Lipinski definition) is 2. The van der Waals surface area contributed by atoms with E-state index in [1.165, 1.54) is 0 Å². The van der Waals surface area contributed by atoms with Gasteiger partial charge >= 0.3 is 0 Å². The summed E-state index contributed by atoms with van der Waals surface area (Å²) in [7, 11) is 2.16. The highest BCUT2D eigenvalue weighted by atomic mass is 16.3. The van der Waals surface area contributed by atoms with Crippen molar-refractivity contribution < 1.29 is 4.42 Å². The van der Waals surface area contributed by atoms with E-state index in [1.54, 1.807) is 0 Å². The lowest BCUT2D eigenvalue weighted by atomic mass is 10.2. The van der Waals surface area contributed by atoms with Gasteiger partial charge < -0.3 is 20.0 Å². The number of hydrogen-bond acceptors (Lipinski definition) is 5. The van der Waals surface area contributed by atoms with Crippen LogP contribution in [0.1, 0.15) is 5.89 Å². The maximum atomic E-state index is 5.47. The van der Waals surface area contributed by atoms with Crippen LogP contribution in [0.4, 0.5) is 5.69 Å². The highest BCUT2D eigenvalue weighted by Gasteiger charge is 2.15. The summed E-state index contributed by atoms with van der Waals surface area (Å²) in [6, 6.07) is 6.55. The Morgan fingerprint density at radius 3 is 3.26 bits per heavy atom. The predicted octanol–water partition coefficient (Wildman–Crippen LogP) is 1.45. The Morgan fingerprint density at radius 1 is 1.53 bits per heavy atom. The first-order chi connectivity index (χ1) is 9.20. The summed E-state index contributed by atoms with van der Waals surface area (Å²) in [6.45, 7) is 6.06. The van der Waals surface area contributed by atoms with Gasteiger partial charge in [0.15, 0.2) is 11.5 Å². The number of likely N-dealkylation sites (N-methyl/N-ethyl adjacent to an activating group) is 1. The third-order valence-electron chi connectivity index (χ3n) is 3.51. The summed E-state index contributed by atoms with van der Waals surface area (Å²) in [5.74, 6) is 0.711. The van der Waals surface area contributed by atoms with Crippen molar-refractivity contribution in [1.82, 2.24) is 15.2 Å². The highest BCUT2D eigenvalue weighted by Crippen LogP contribution is 2.19. The normalized spacial score (nSPS) is 20.8. The van der Waals surface area contributed by atoms with Crippen molar-refractivity contribution in [1.29, 1.82) is 0 Å². The lowest BCUT2D eigenvalue weighted by Crippen LogP contribution is -2.51. The van der Waals surface area contributed by atoms with Gasteiger partial charge in [-0.2, -0.15) is 0 Å². The SMILES string of the molecule is Cc1nc2cc(NCC3CN(C)CCN3)ccc2o1. The minimum Gasteiger partial charge on any atom is -0.441 e. The zero-order chi connectivity index (χ0) is 13.2. The van der Waals surface area contributed by atoms with E-state index in [-0.39, 0.29) is 0 Å². The molecule has 0 saturated carbocycles. The molecule has 0 spiro atoms. The number of anilines is 1.